The van der Waals surface area contributed by atoms with Gasteiger partial charge in [-0.05, 0) is 25.8 Å². The van der Waals surface area contributed by atoms with Crippen LogP contribution in [0.25, 0.3) is 5.78 Å². The van der Waals surface area contributed by atoms with E-state index < -0.39 is 0 Å². The highest BCUT2D eigenvalue weighted by molar-refractivity contribution is 5.36. The van der Waals surface area contributed by atoms with Crippen LogP contribution >= 0.6 is 0 Å². The van der Waals surface area contributed by atoms with Gasteiger partial charge in [-0.1, -0.05) is 13.8 Å². The number of nitrogens with zero attached hydrogens (tertiary/aromatic N) is 3. The second-order valence-electron chi connectivity index (χ2n) is 4.01. The van der Waals surface area contributed by atoms with Crippen molar-refractivity contribution in [3.63, 3.8) is 0 Å². The Hall–Kier alpha value is -1.38. The number of hydrogen-bond acceptors (Lipinski definition) is 2. The normalized spacial score (nSPS) is 11.5. The summed E-state index contributed by atoms with van der Waals surface area (Å²) in [6, 6.07) is 2.08. The second kappa shape index (κ2) is 3.08. The largest absolute Gasteiger partial charge is 0.285 e. The molecular formula is C11H15N3. The Morgan fingerprint density at radius 3 is 2.64 bits per heavy atom. The zero-order chi connectivity index (χ0) is 10.3. The Labute approximate surface area is 83.8 Å². The van der Waals surface area contributed by atoms with Gasteiger partial charge in [-0.15, -0.1) is 0 Å². The summed E-state index contributed by atoms with van der Waals surface area (Å²) in [7, 11) is 0. The van der Waals surface area contributed by atoms with Crippen LogP contribution in [-0.2, 0) is 0 Å². The maximum atomic E-state index is 4.39. The number of aryl methyl sites for hydroxylation is 2. The highest BCUT2D eigenvalue weighted by Gasteiger charge is 2.09. The Morgan fingerprint density at radius 2 is 2.00 bits per heavy atom. The average Bonchev–Trinajstić information content (AvgIpc) is 2.47. The lowest BCUT2D eigenvalue weighted by Gasteiger charge is -2.07. The first-order chi connectivity index (χ1) is 6.59. The van der Waals surface area contributed by atoms with Crippen molar-refractivity contribution in [3.8, 4) is 0 Å². The first-order valence-corrected chi connectivity index (χ1v) is 4.91. The molecule has 0 N–H and O–H groups in total. The van der Waals surface area contributed by atoms with Gasteiger partial charge in [0.15, 0.2) is 0 Å². The number of hydrogen-bond donors (Lipinski definition) is 0. The summed E-state index contributed by atoms with van der Waals surface area (Å²) in [6.07, 6.45) is 1.92. The van der Waals surface area contributed by atoms with E-state index in [1.807, 2.05) is 13.1 Å². The number of imidazole rings is 1. The first-order valence-electron chi connectivity index (χ1n) is 4.91. The van der Waals surface area contributed by atoms with Crippen molar-refractivity contribution >= 4 is 5.78 Å². The lowest BCUT2D eigenvalue weighted by atomic mass is 10.1. The molecular weight excluding hydrogens is 174 g/mol. The monoisotopic (exact) mass is 189 g/mol. The predicted molar refractivity (Wildman–Crippen MR) is 56.6 cm³/mol. The molecule has 2 heterocycles. The summed E-state index contributed by atoms with van der Waals surface area (Å²) in [5.74, 6) is 1.29. The van der Waals surface area contributed by atoms with Crippen LogP contribution in [0.4, 0.5) is 0 Å². The highest BCUT2D eigenvalue weighted by atomic mass is 15.1. The molecule has 0 unspecified atom stereocenters. The average molecular weight is 189 g/mol. The van der Waals surface area contributed by atoms with Gasteiger partial charge >= 0.3 is 0 Å². The molecule has 0 bridgehead atoms. The third-order valence-electron chi connectivity index (χ3n) is 2.41. The number of fused-ring (bicyclic) bond motifs is 1. The molecule has 3 heteroatoms. The Bertz CT molecular complexity index is 469. The summed E-state index contributed by atoms with van der Waals surface area (Å²) in [4.78, 5) is 8.70. The van der Waals surface area contributed by atoms with Crippen LogP contribution in [0.15, 0.2) is 12.3 Å². The second-order valence-corrected chi connectivity index (χ2v) is 4.01. The van der Waals surface area contributed by atoms with Crippen molar-refractivity contribution in [2.75, 3.05) is 0 Å². The van der Waals surface area contributed by atoms with Crippen molar-refractivity contribution in [3.05, 3.63) is 29.3 Å². The van der Waals surface area contributed by atoms with Crippen molar-refractivity contribution in [2.45, 2.75) is 33.6 Å². The van der Waals surface area contributed by atoms with Gasteiger partial charge in [-0.3, -0.25) is 4.40 Å². The van der Waals surface area contributed by atoms with Gasteiger partial charge in [0.1, 0.15) is 0 Å². The third kappa shape index (κ3) is 1.29. The molecule has 0 amide bonds. The van der Waals surface area contributed by atoms with Crippen LogP contribution in [0.3, 0.4) is 0 Å². The molecule has 0 radical (unpaired) electrons. The Kier molecular flexibility index (Phi) is 2.02. The first kappa shape index (κ1) is 9.19. The van der Waals surface area contributed by atoms with Crippen molar-refractivity contribution in [1.29, 1.82) is 0 Å². The molecule has 0 aliphatic rings. The molecule has 0 aliphatic carbocycles. The fourth-order valence-corrected chi connectivity index (χ4v) is 1.76. The molecule has 2 rings (SSSR count). The lowest BCUT2D eigenvalue weighted by molar-refractivity contribution is 0.793. The van der Waals surface area contributed by atoms with Crippen LogP contribution in [0.5, 0.6) is 0 Å². The van der Waals surface area contributed by atoms with Crippen LogP contribution in [0, 0.1) is 13.8 Å². The van der Waals surface area contributed by atoms with Gasteiger partial charge in [0, 0.05) is 17.1 Å². The molecule has 3 nitrogen and oxygen atoms in total. The van der Waals surface area contributed by atoms with E-state index in [1.165, 1.54) is 11.4 Å². The highest BCUT2D eigenvalue weighted by Crippen LogP contribution is 2.17. The molecule has 0 fully saturated rings. The molecule has 0 atom stereocenters. The van der Waals surface area contributed by atoms with Gasteiger partial charge in [0.25, 0.3) is 0 Å². The van der Waals surface area contributed by atoms with E-state index in [0.717, 1.165) is 11.5 Å². The molecule has 0 aromatic carbocycles. The van der Waals surface area contributed by atoms with Gasteiger partial charge in [0.05, 0.1) is 6.20 Å². The molecule has 2 aromatic heterocycles. The van der Waals surface area contributed by atoms with Gasteiger partial charge in [-0.25, -0.2) is 9.97 Å². The number of aromatic nitrogens is 3. The van der Waals surface area contributed by atoms with Crippen LogP contribution < -0.4 is 0 Å². The van der Waals surface area contributed by atoms with Crippen molar-refractivity contribution in [2.24, 2.45) is 0 Å². The quantitative estimate of drug-likeness (QED) is 0.689. The van der Waals surface area contributed by atoms with Crippen molar-refractivity contribution < 1.29 is 0 Å². The summed E-state index contributed by atoms with van der Waals surface area (Å²) in [5, 5.41) is 0. The zero-order valence-corrected chi connectivity index (χ0v) is 9.07. The molecule has 0 spiro atoms. The summed E-state index contributed by atoms with van der Waals surface area (Å²) in [6.45, 7) is 8.43. The van der Waals surface area contributed by atoms with Crippen LogP contribution in [0.2, 0.25) is 0 Å². The van der Waals surface area contributed by atoms with Crippen LogP contribution in [0.1, 0.15) is 36.8 Å². The molecule has 74 valence electrons. The summed E-state index contributed by atoms with van der Waals surface area (Å²) in [5.41, 5.74) is 3.45. The molecule has 2 aromatic rings. The molecule has 14 heavy (non-hydrogen) atoms. The molecule has 0 aliphatic heterocycles. The van der Waals surface area contributed by atoms with E-state index in [2.05, 4.69) is 41.2 Å². The topological polar surface area (TPSA) is 30.2 Å². The minimum absolute atomic E-state index is 0.480. The third-order valence-corrected chi connectivity index (χ3v) is 2.41. The van der Waals surface area contributed by atoms with Gasteiger partial charge in [0.2, 0.25) is 5.78 Å². The smallest absolute Gasteiger partial charge is 0.234 e. The van der Waals surface area contributed by atoms with E-state index in [0.29, 0.717) is 5.92 Å². The SMILES string of the molecule is Cc1cc(C)n2c(C(C)C)cnc2n1. The fourth-order valence-electron chi connectivity index (χ4n) is 1.76. The van der Waals surface area contributed by atoms with Crippen molar-refractivity contribution in [1.82, 2.24) is 14.4 Å². The summed E-state index contributed by atoms with van der Waals surface area (Å²) >= 11 is 0. The van der Waals surface area contributed by atoms with E-state index in [9.17, 15) is 0 Å². The standard InChI is InChI=1S/C11H15N3/c1-7(2)10-6-12-11-13-8(3)5-9(4)14(10)11/h5-7H,1-4H3. The molecule has 0 saturated heterocycles. The maximum Gasteiger partial charge on any atom is 0.234 e. The Balaban J connectivity index is 2.79. The van der Waals surface area contributed by atoms with E-state index in [4.69, 9.17) is 0 Å². The number of rotatable bonds is 1. The van der Waals surface area contributed by atoms with Gasteiger partial charge in [-0.2, -0.15) is 0 Å². The van der Waals surface area contributed by atoms with E-state index in [1.54, 1.807) is 0 Å². The van der Waals surface area contributed by atoms with Gasteiger partial charge < -0.3 is 0 Å². The predicted octanol–water partition coefficient (Wildman–Crippen LogP) is 2.47. The Morgan fingerprint density at radius 1 is 1.29 bits per heavy atom. The van der Waals surface area contributed by atoms with Crippen LogP contribution in [-0.4, -0.2) is 14.4 Å². The van der Waals surface area contributed by atoms with E-state index >= 15 is 0 Å². The zero-order valence-electron chi connectivity index (χ0n) is 9.07. The van der Waals surface area contributed by atoms with E-state index in [-0.39, 0.29) is 0 Å². The summed E-state index contributed by atoms with van der Waals surface area (Å²) < 4.78 is 2.12. The maximum absolute atomic E-state index is 4.39. The fraction of sp³-hybridized carbons (Fsp3) is 0.455. The minimum Gasteiger partial charge on any atom is -0.285 e. The molecule has 0 saturated carbocycles. The lowest BCUT2D eigenvalue weighted by Crippen LogP contribution is -2.01. The minimum atomic E-state index is 0.480.